The van der Waals surface area contributed by atoms with Crippen LogP contribution in [0.15, 0.2) is 24.3 Å². The van der Waals surface area contributed by atoms with Gasteiger partial charge in [0.1, 0.15) is 0 Å². The van der Waals surface area contributed by atoms with Crippen molar-refractivity contribution in [2.24, 2.45) is 0 Å². The van der Waals surface area contributed by atoms with Crippen LogP contribution in [0, 0.1) is 0 Å². The Morgan fingerprint density at radius 2 is 1.61 bits per heavy atom. The lowest BCUT2D eigenvalue weighted by atomic mass is 9.89. The Kier molecular flexibility index (Phi) is 12.1. The first-order valence-corrected chi connectivity index (χ1v) is 16.5. The Morgan fingerprint density at radius 3 is 2.20 bits per heavy atom. The third-order valence-electron chi connectivity index (χ3n) is 10.0. The second kappa shape index (κ2) is 15.3. The van der Waals surface area contributed by atoms with Crippen LogP contribution in [0.1, 0.15) is 90.0 Å². The number of fused-ring (bicyclic) bond motifs is 2. The zero-order valence-electron chi connectivity index (χ0n) is 25.0. The molecule has 1 aromatic carbocycles. The van der Waals surface area contributed by atoms with Gasteiger partial charge in [0.2, 0.25) is 5.91 Å². The molecule has 4 atom stereocenters. The number of carbonyl (C=O) groups is 2. The second-order valence-corrected chi connectivity index (χ2v) is 12.9. The van der Waals surface area contributed by atoms with Crippen molar-refractivity contribution in [3.8, 4) is 0 Å². The summed E-state index contributed by atoms with van der Waals surface area (Å²) in [4.78, 5) is 34.6. The number of nitrogens with zero attached hydrogens (tertiary/aromatic N) is 3. The summed E-state index contributed by atoms with van der Waals surface area (Å²) in [6.45, 7) is 7.53. The van der Waals surface area contributed by atoms with E-state index < -0.39 is 0 Å². The molecule has 3 saturated heterocycles. The molecule has 7 nitrogen and oxygen atoms in total. The normalized spacial score (nSPS) is 26.9. The van der Waals surface area contributed by atoms with Gasteiger partial charge in [-0.05, 0) is 95.9 Å². The molecule has 5 rings (SSSR count). The topological polar surface area (TPSA) is 67.9 Å². The van der Waals surface area contributed by atoms with Gasteiger partial charge in [0.25, 0.3) is 0 Å². The van der Waals surface area contributed by atoms with E-state index in [0.717, 1.165) is 81.7 Å². The molecule has 230 valence electrons. The van der Waals surface area contributed by atoms with Crippen LogP contribution in [0.4, 0.5) is 4.79 Å². The van der Waals surface area contributed by atoms with E-state index in [2.05, 4.69) is 34.3 Å². The van der Waals surface area contributed by atoms with Gasteiger partial charge in [-0.2, -0.15) is 0 Å². The average molecular weight is 609 g/mol. The highest BCUT2D eigenvalue weighted by Crippen LogP contribution is 2.40. The van der Waals surface area contributed by atoms with Gasteiger partial charge in [-0.1, -0.05) is 43.0 Å². The van der Waals surface area contributed by atoms with Crippen LogP contribution in [0.3, 0.4) is 0 Å². The lowest BCUT2D eigenvalue weighted by molar-refractivity contribution is -0.139. The molecule has 41 heavy (non-hydrogen) atoms. The van der Waals surface area contributed by atoms with E-state index in [1.165, 1.54) is 25.7 Å². The molecule has 1 saturated carbocycles. The molecule has 4 fully saturated rings. The Balaban J connectivity index is 0.00000387. The zero-order valence-corrected chi connectivity index (χ0v) is 26.6. The highest BCUT2D eigenvalue weighted by atomic mass is 35.5. The van der Waals surface area contributed by atoms with E-state index in [0.29, 0.717) is 18.5 Å². The first-order valence-electron chi connectivity index (χ1n) is 16.1. The number of rotatable bonds is 10. The number of nitrogens with one attached hydrogen (secondary N) is 2. The summed E-state index contributed by atoms with van der Waals surface area (Å²) in [5, 5.41) is 7.95. The van der Waals surface area contributed by atoms with E-state index in [4.69, 9.17) is 11.6 Å². The van der Waals surface area contributed by atoms with Gasteiger partial charge in [-0.15, -0.1) is 12.4 Å². The number of hydrogen-bond donors (Lipinski definition) is 2. The van der Waals surface area contributed by atoms with Gasteiger partial charge in [0.05, 0.1) is 6.04 Å². The number of urea groups is 1. The third kappa shape index (κ3) is 7.70. The summed E-state index contributed by atoms with van der Waals surface area (Å²) in [6.07, 6.45) is 12.9. The summed E-state index contributed by atoms with van der Waals surface area (Å²) in [6, 6.07) is 9.30. The Labute approximate surface area is 258 Å². The van der Waals surface area contributed by atoms with Crippen molar-refractivity contribution in [3.63, 3.8) is 0 Å². The lowest BCUT2D eigenvalue weighted by Crippen LogP contribution is -2.61. The van der Waals surface area contributed by atoms with Crippen molar-refractivity contribution in [1.29, 1.82) is 0 Å². The maximum Gasteiger partial charge on any atom is 0.320 e. The molecule has 0 aromatic heterocycles. The molecule has 3 aliphatic heterocycles. The quantitative estimate of drug-likeness (QED) is 0.361. The first-order chi connectivity index (χ1) is 19.5. The molecule has 3 amide bonds. The molecule has 9 heteroatoms. The minimum atomic E-state index is -0.255. The Morgan fingerprint density at radius 1 is 0.951 bits per heavy atom. The van der Waals surface area contributed by atoms with Gasteiger partial charge >= 0.3 is 6.03 Å². The molecule has 2 N–H and O–H groups in total. The van der Waals surface area contributed by atoms with E-state index >= 15 is 0 Å². The maximum atomic E-state index is 14.3. The van der Waals surface area contributed by atoms with Crippen molar-refractivity contribution in [3.05, 3.63) is 34.9 Å². The Hall–Kier alpha value is -1.54. The number of hydrogen-bond acceptors (Lipinski definition) is 4. The summed E-state index contributed by atoms with van der Waals surface area (Å²) in [5.74, 6) is 0.234. The van der Waals surface area contributed by atoms with Crippen LogP contribution in [-0.4, -0.2) is 89.1 Å². The molecule has 2 bridgehead atoms. The highest BCUT2D eigenvalue weighted by Gasteiger charge is 2.48. The molecule has 3 heterocycles. The van der Waals surface area contributed by atoms with Gasteiger partial charge in [0, 0.05) is 54.9 Å². The second-order valence-electron chi connectivity index (χ2n) is 12.5. The van der Waals surface area contributed by atoms with Crippen molar-refractivity contribution in [2.45, 2.75) is 127 Å². The minimum Gasteiger partial charge on any atom is -0.335 e. The van der Waals surface area contributed by atoms with Crippen molar-refractivity contribution in [1.82, 2.24) is 25.3 Å². The van der Waals surface area contributed by atoms with Crippen LogP contribution >= 0.6 is 24.0 Å². The van der Waals surface area contributed by atoms with Crippen molar-refractivity contribution in [2.75, 3.05) is 26.2 Å². The highest BCUT2D eigenvalue weighted by molar-refractivity contribution is 6.30. The van der Waals surface area contributed by atoms with E-state index in [1.54, 1.807) is 0 Å². The molecular weight excluding hydrogens is 557 g/mol. The number of halogens is 2. The van der Waals surface area contributed by atoms with E-state index in [-0.39, 0.29) is 48.5 Å². The average Bonchev–Trinajstić information content (AvgIpc) is 3.58. The number of carbonyl (C=O) groups excluding carboxylic acids is 2. The Bertz CT molecular complexity index is 965. The number of benzene rings is 1. The lowest BCUT2D eigenvalue weighted by Gasteiger charge is -2.48. The predicted octanol–water partition coefficient (Wildman–Crippen LogP) is 5.63. The van der Waals surface area contributed by atoms with Crippen LogP contribution in [-0.2, 0) is 11.2 Å². The summed E-state index contributed by atoms with van der Waals surface area (Å²) < 4.78 is 0. The largest absolute Gasteiger partial charge is 0.335 e. The van der Waals surface area contributed by atoms with E-state index in [1.807, 2.05) is 29.2 Å². The van der Waals surface area contributed by atoms with Crippen LogP contribution in [0.5, 0.6) is 0 Å². The van der Waals surface area contributed by atoms with Crippen molar-refractivity contribution < 1.29 is 9.59 Å². The monoisotopic (exact) mass is 607 g/mol. The fourth-order valence-corrected chi connectivity index (χ4v) is 7.99. The molecule has 4 aliphatic rings. The molecule has 2 unspecified atom stereocenters. The first kappa shape index (κ1) is 32.4. The summed E-state index contributed by atoms with van der Waals surface area (Å²) in [7, 11) is 0. The fourth-order valence-electron chi connectivity index (χ4n) is 7.86. The smallest absolute Gasteiger partial charge is 0.320 e. The van der Waals surface area contributed by atoms with E-state index in [9.17, 15) is 9.59 Å². The fraction of sp³-hybridized carbons (Fsp3) is 0.750. The summed E-state index contributed by atoms with van der Waals surface area (Å²) in [5.41, 5.74) is 1.13. The van der Waals surface area contributed by atoms with Gasteiger partial charge in [-0.25, -0.2) is 4.79 Å². The molecule has 1 aromatic rings. The molecule has 0 spiro atoms. The minimum absolute atomic E-state index is 0. The van der Waals surface area contributed by atoms with Gasteiger partial charge < -0.3 is 25.3 Å². The maximum absolute atomic E-state index is 14.3. The standard InChI is InChI=1S/C32H50ClN5O2.ClH/c1-3-36(4-2)32(40)38(26-10-6-5-7-11-26)29-20-27-16-17-28(21-29)37(27)31(39)30(35-22-25-9-8-18-34-25)19-23-12-14-24(33)15-13-23;/h12-15,25-30,34-35H,3-11,16-22H2,1-2H3;1H/t25-,27?,28?,29?,30+;/m0./s1. The van der Waals surface area contributed by atoms with Crippen LogP contribution < -0.4 is 10.6 Å². The molecular formula is C32H51Cl2N5O2. The molecule has 0 radical (unpaired) electrons. The third-order valence-corrected chi connectivity index (χ3v) is 10.3. The molecule has 1 aliphatic carbocycles. The van der Waals surface area contributed by atoms with Gasteiger partial charge in [-0.3, -0.25) is 4.79 Å². The number of piperidine rings is 1. The van der Waals surface area contributed by atoms with Crippen LogP contribution in [0.2, 0.25) is 5.02 Å². The SMILES string of the molecule is CCN(CC)C(=O)N(C1CCCCC1)C1CC2CCC(C1)N2C(=O)[C@@H](Cc1ccc(Cl)cc1)NC[C@@H]1CCCN1.Cl. The predicted molar refractivity (Wildman–Crippen MR) is 169 cm³/mol. The summed E-state index contributed by atoms with van der Waals surface area (Å²) >= 11 is 6.15. The zero-order chi connectivity index (χ0) is 28.1. The van der Waals surface area contributed by atoms with Crippen LogP contribution in [0.25, 0.3) is 0 Å². The number of amides is 3. The van der Waals surface area contributed by atoms with Crippen molar-refractivity contribution >= 4 is 35.9 Å². The van der Waals surface area contributed by atoms with Gasteiger partial charge in [0.15, 0.2) is 0 Å².